The summed E-state index contributed by atoms with van der Waals surface area (Å²) in [5.74, 6) is -2.26. The molecule has 1 amide bonds. The number of aromatic hydroxyl groups is 1. The molecule has 2 aliphatic heterocycles. The number of aromatic nitrogens is 1. The Bertz CT molecular complexity index is 1130. The van der Waals surface area contributed by atoms with Gasteiger partial charge in [0.1, 0.15) is 12.0 Å². The van der Waals surface area contributed by atoms with Crippen molar-refractivity contribution in [1.29, 1.82) is 0 Å². The zero-order valence-corrected chi connectivity index (χ0v) is 18.0. The van der Waals surface area contributed by atoms with Gasteiger partial charge in [0.2, 0.25) is 5.43 Å². The second-order valence-electron chi connectivity index (χ2n) is 8.13. The number of pyridine rings is 1. The second kappa shape index (κ2) is 8.00. The molecule has 1 aromatic heterocycles. The van der Waals surface area contributed by atoms with Gasteiger partial charge in [0.15, 0.2) is 17.2 Å². The van der Waals surface area contributed by atoms with E-state index in [2.05, 4.69) is 0 Å². The van der Waals surface area contributed by atoms with Crippen LogP contribution in [0.4, 0.5) is 4.39 Å². The molecule has 1 aromatic carbocycles. The molecule has 9 heteroatoms. The predicted molar refractivity (Wildman–Crippen MR) is 114 cm³/mol. The van der Waals surface area contributed by atoms with E-state index in [9.17, 15) is 23.9 Å². The van der Waals surface area contributed by atoms with Crippen molar-refractivity contribution in [2.75, 3.05) is 12.1 Å². The van der Waals surface area contributed by atoms with Gasteiger partial charge in [0, 0.05) is 30.7 Å². The maximum absolute atomic E-state index is 14.0. The highest BCUT2D eigenvalue weighted by Crippen LogP contribution is 2.31. The lowest BCUT2D eigenvalue weighted by molar-refractivity contribution is 0.0559. The topological polar surface area (TPSA) is 82.9 Å². The summed E-state index contributed by atoms with van der Waals surface area (Å²) in [5.41, 5.74) is -0.943. The van der Waals surface area contributed by atoms with Crippen molar-refractivity contribution in [1.82, 2.24) is 9.58 Å². The summed E-state index contributed by atoms with van der Waals surface area (Å²) < 4.78 is 15.5. The van der Waals surface area contributed by atoms with Crippen LogP contribution in [0.15, 0.2) is 29.2 Å². The van der Waals surface area contributed by atoms with Crippen molar-refractivity contribution in [2.45, 2.75) is 51.2 Å². The summed E-state index contributed by atoms with van der Waals surface area (Å²) in [6.07, 6.45) is 3.64. The zero-order valence-electron chi connectivity index (χ0n) is 17.3. The number of Topliss-reactive ketones (excluding diaryl/α,β-unsaturated/α-hetero) is 1. The monoisotopic (exact) mass is 447 g/mol. The number of fused-ring (bicyclic) bond motifs is 3. The molecule has 1 saturated heterocycles. The summed E-state index contributed by atoms with van der Waals surface area (Å²) in [4.78, 5) is 40.0. The molecule has 1 fully saturated rings. The van der Waals surface area contributed by atoms with Crippen molar-refractivity contribution in [2.24, 2.45) is 0 Å². The number of nitrogens with zero attached hydrogens (tertiary/aromatic N) is 3. The molecule has 0 spiro atoms. The Labute approximate surface area is 183 Å². The number of amides is 1. The minimum atomic E-state index is -0.891. The van der Waals surface area contributed by atoms with Gasteiger partial charge in [-0.3, -0.25) is 24.1 Å². The van der Waals surface area contributed by atoms with Crippen LogP contribution in [0.5, 0.6) is 5.75 Å². The van der Waals surface area contributed by atoms with Crippen LogP contribution in [-0.4, -0.2) is 45.6 Å². The van der Waals surface area contributed by atoms with Crippen LogP contribution >= 0.6 is 11.6 Å². The van der Waals surface area contributed by atoms with E-state index in [1.807, 2.05) is 11.9 Å². The number of rotatable bonds is 4. The number of benzene rings is 1. The summed E-state index contributed by atoms with van der Waals surface area (Å²) in [7, 11) is 1.64. The Morgan fingerprint density at radius 3 is 2.74 bits per heavy atom. The average Bonchev–Trinajstić information content (AvgIpc) is 2.73. The van der Waals surface area contributed by atoms with Gasteiger partial charge in [0.25, 0.3) is 5.91 Å². The fourth-order valence-corrected chi connectivity index (χ4v) is 4.62. The molecule has 2 aromatic rings. The number of hydrogen-bond donors (Lipinski definition) is 1. The van der Waals surface area contributed by atoms with Gasteiger partial charge in [-0.15, -0.1) is 0 Å². The SMILES string of the molecule is C[C@@H]1CCC[C@H]2N(C)C(=O)c3c(O)c(=O)c(C(=O)CCc4ccc(Cl)cc4F)cn3N12. The van der Waals surface area contributed by atoms with Crippen LogP contribution in [0.1, 0.15) is 59.0 Å². The predicted octanol–water partition coefficient (Wildman–Crippen LogP) is 3.08. The quantitative estimate of drug-likeness (QED) is 0.728. The molecule has 0 aliphatic carbocycles. The van der Waals surface area contributed by atoms with Crippen molar-refractivity contribution >= 4 is 23.3 Å². The van der Waals surface area contributed by atoms with Crippen molar-refractivity contribution < 1.29 is 19.1 Å². The third kappa shape index (κ3) is 3.59. The number of hydrogen-bond acceptors (Lipinski definition) is 5. The zero-order chi connectivity index (χ0) is 22.4. The molecule has 0 saturated carbocycles. The van der Waals surface area contributed by atoms with Gasteiger partial charge < -0.3 is 10.0 Å². The minimum absolute atomic E-state index is 0.0427. The van der Waals surface area contributed by atoms with E-state index in [4.69, 9.17) is 11.6 Å². The molecule has 31 heavy (non-hydrogen) atoms. The molecule has 3 heterocycles. The number of piperidine rings is 1. The molecular weight excluding hydrogens is 425 g/mol. The fraction of sp³-hybridized carbons (Fsp3) is 0.409. The highest BCUT2D eigenvalue weighted by atomic mass is 35.5. The van der Waals surface area contributed by atoms with Crippen molar-refractivity contribution in [3.8, 4) is 5.75 Å². The van der Waals surface area contributed by atoms with Crippen LogP contribution in [0.25, 0.3) is 0 Å². The summed E-state index contributed by atoms with van der Waals surface area (Å²) >= 11 is 5.76. The van der Waals surface area contributed by atoms with Crippen LogP contribution in [0, 0.1) is 5.82 Å². The molecule has 1 N–H and O–H groups in total. The van der Waals surface area contributed by atoms with Gasteiger partial charge >= 0.3 is 0 Å². The van der Waals surface area contributed by atoms with Crippen molar-refractivity contribution in [3.05, 3.63) is 62.3 Å². The molecule has 164 valence electrons. The third-order valence-corrected chi connectivity index (χ3v) is 6.40. The number of carbonyl (C=O) groups is 2. The molecule has 0 bridgehead atoms. The lowest BCUT2D eigenvalue weighted by Crippen LogP contribution is -2.64. The molecular formula is C22H23ClFN3O4. The van der Waals surface area contributed by atoms with Crippen LogP contribution in [-0.2, 0) is 6.42 Å². The summed E-state index contributed by atoms with van der Waals surface area (Å²) in [6.45, 7) is 2.00. The molecule has 2 atom stereocenters. The van der Waals surface area contributed by atoms with Crippen LogP contribution < -0.4 is 10.4 Å². The largest absolute Gasteiger partial charge is 0.502 e. The molecule has 2 aliphatic rings. The second-order valence-corrected chi connectivity index (χ2v) is 8.57. The lowest BCUT2D eigenvalue weighted by Gasteiger charge is -2.50. The Balaban J connectivity index is 1.71. The third-order valence-electron chi connectivity index (χ3n) is 6.16. The fourth-order valence-electron chi connectivity index (χ4n) is 4.46. The van der Waals surface area contributed by atoms with Gasteiger partial charge in [0.05, 0.1) is 5.56 Å². The van der Waals surface area contributed by atoms with E-state index in [0.29, 0.717) is 5.56 Å². The number of halogens is 2. The van der Waals surface area contributed by atoms with Gasteiger partial charge in [-0.2, -0.15) is 0 Å². The highest BCUT2D eigenvalue weighted by Gasteiger charge is 2.42. The molecule has 0 radical (unpaired) electrons. The molecule has 7 nitrogen and oxygen atoms in total. The van der Waals surface area contributed by atoms with E-state index in [-0.39, 0.29) is 41.3 Å². The Morgan fingerprint density at radius 2 is 2.03 bits per heavy atom. The Hall–Kier alpha value is -2.87. The van der Waals surface area contributed by atoms with E-state index < -0.39 is 28.7 Å². The summed E-state index contributed by atoms with van der Waals surface area (Å²) in [5, 5.41) is 12.7. The molecule has 4 rings (SSSR count). The first-order valence-electron chi connectivity index (χ1n) is 10.2. The number of aryl methyl sites for hydroxylation is 1. The number of ketones is 1. The van der Waals surface area contributed by atoms with Gasteiger partial charge in [-0.05, 0) is 50.3 Å². The van der Waals surface area contributed by atoms with E-state index in [1.165, 1.54) is 34.0 Å². The lowest BCUT2D eigenvalue weighted by atomic mass is 9.99. The first-order chi connectivity index (χ1) is 14.7. The van der Waals surface area contributed by atoms with Gasteiger partial charge in [-0.1, -0.05) is 17.7 Å². The maximum atomic E-state index is 14.0. The van der Waals surface area contributed by atoms with Crippen LogP contribution in [0.2, 0.25) is 5.02 Å². The van der Waals surface area contributed by atoms with Crippen molar-refractivity contribution in [3.63, 3.8) is 0 Å². The maximum Gasteiger partial charge on any atom is 0.277 e. The van der Waals surface area contributed by atoms with E-state index in [1.54, 1.807) is 7.05 Å². The normalized spacial score (nSPS) is 20.5. The standard InChI is InChI=1S/C22H23ClFN3O4/c1-12-4-3-5-18-25(2)22(31)19-21(30)20(29)15(11-26(19)27(12)18)17(28)9-7-13-6-8-14(23)10-16(13)24/h6,8,10-12,18,30H,3-5,7,9H2,1-2H3/t12-,18+/m1/s1. The average molecular weight is 448 g/mol. The Morgan fingerprint density at radius 1 is 1.29 bits per heavy atom. The minimum Gasteiger partial charge on any atom is -0.502 e. The highest BCUT2D eigenvalue weighted by molar-refractivity contribution is 6.30. The first kappa shape index (κ1) is 21.4. The molecule has 0 unspecified atom stereocenters. The Kier molecular flexibility index (Phi) is 5.51. The van der Waals surface area contributed by atoms with E-state index >= 15 is 0 Å². The van der Waals surface area contributed by atoms with Gasteiger partial charge in [-0.25, -0.2) is 4.39 Å². The van der Waals surface area contributed by atoms with Crippen LogP contribution in [0.3, 0.4) is 0 Å². The smallest absolute Gasteiger partial charge is 0.277 e. The van der Waals surface area contributed by atoms with E-state index in [0.717, 1.165) is 19.3 Å². The summed E-state index contributed by atoms with van der Waals surface area (Å²) in [6, 6.07) is 4.24. The number of carbonyl (C=O) groups excluding carboxylic acids is 2. The first-order valence-corrected chi connectivity index (χ1v) is 10.6.